The average Bonchev–Trinajstić information content (AvgIpc) is 4.03. The van der Waals surface area contributed by atoms with E-state index in [1.807, 2.05) is 48.5 Å². The summed E-state index contributed by atoms with van der Waals surface area (Å²) in [5.74, 6) is 0. The number of hydrogen-bond donors (Lipinski definition) is 0. The zero-order chi connectivity index (χ0) is 49.5. The predicted molar refractivity (Wildman–Crippen MR) is 305 cm³/mol. The molecule has 6 nitrogen and oxygen atoms in total. The zero-order valence-electron chi connectivity index (χ0n) is 40.1. The third-order valence-corrected chi connectivity index (χ3v) is 14.1. The number of hydrogen-bond acceptors (Lipinski definition) is 4. The van der Waals surface area contributed by atoms with Gasteiger partial charge in [-0.05, 0) is 178 Å². The van der Waals surface area contributed by atoms with Crippen LogP contribution in [0.3, 0.4) is 0 Å². The third kappa shape index (κ3) is 7.86. The molecule has 0 aliphatic rings. The number of anilines is 6. The first-order valence-corrected chi connectivity index (χ1v) is 24.7. The lowest BCUT2D eigenvalue weighted by Gasteiger charge is -2.26. The summed E-state index contributed by atoms with van der Waals surface area (Å²) in [6.45, 7) is 0. The van der Waals surface area contributed by atoms with E-state index < -0.39 is 0 Å². The monoisotopic (exact) mass is 944 g/mol. The van der Waals surface area contributed by atoms with Crippen LogP contribution in [0.5, 0.6) is 0 Å². The van der Waals surface area contributed by atoms with Crippen LogP contribution < -0.4 is 9.80 Å². The van der Waals surface area contributed by atoms with E-state index in [2.05, 4.69) is 249 Å². The Kier molecular flexibility index (Phi) is 10.8. The fourth-order valence-electron chi connectivity index (χ4n) is 10.5. The Morgan fingerprint density at radius 1 is 0.270 bits per heavy atom. The summed E-state index contributed by atoms with van der Waals surface area (Å²) in [4.78, 5) is 4.61. The molecule has 0 unspecified atom stereocenters. The van der Waals surface area contributed by atoms with Gasteiger partial charge in [0.15, 0.2) is 0 Å². The Morgan fingerprint density at radius 2 is 0.608 bits per heavy atom. The number of nitriles is 2. The van der Waals surface area contributed by atoms with E-state index in [1.165, 1.54) is 21.5 Å². The molecule has 0 saturated carbocycles. The molecule has 11 aromatic carbocycles. The van der Waals surface area contributed by atoms with Gasteiger partial charge in [-0.15, -0.1) is 0 Å². The van der Waals surface area contributed by atoms with Crippen LogP contribution in [0.4, 0.5) is 34.1 Å². The first kappa shape index (κ1) is 43.6. The minimum absolute atomic E-state index is 0.612. The molecule has 0 spiro atoms. The molecule has 6 heteroatoms. The van der Waals surface area contributed by atoms with Crippen molar-refractivity contribution in [2.75, 3.05) is 9.80 Å². The van der Waals surface area contributed by atoms with E-state index in [9.17, 15) is 10.5 Å². The van der Waals surface area contributed by atoms with Gasteiger partial charge < -0.3 is 18.9 Å². The molecule has 0 radical (unpaired) electrons. The van der Waals surface area contributed by atoms with E-state index >= 15 is 0 Å². The van der Waals surface area contributed by atoms with Gasteiger partial charge in [0.25, 0.3) is 0 Å². The maximum absolute atomic E-state index is 9.77. The lowest BCUT2D eigenvalue weighted by Crippen LogP contribution is -2.10. The van der Waals surface area contributed by atoms with Crippen LogP contribution >= 0.6 is 0 Å². The fraction of sp³-hybridized carbons (Fsp3) is 0. The van der Waals surface area contributed by atoms with Gasteiger partial charge in [0.05, 0.1) is 45.7 Å². The van der Waals surface area contributed by atoms with E-state index in [1.54, 1.807) is 0 Å². The Balaban J connectivity index is 0.965. The zero-order valence-corrected chi connectivity index (χ0v) is 40.1. The van der Waals surface area contributed by atoms with Gasteiger partial charge in [-0.25, -0.2) is 0 Å². The Morgan fingerprint density at radius 3 is 0.986 bits per heavy atom. The lowest BCUT2D eigenvalue weighted by molar-refractivity contribution is 1.13. The van der Waals surface area contributed by atoms with Crippen LogP contribution in [0.25, 0.3) is 77.2 Å². The van der Waals surface area contributed by atoms with Gasteiger partial charge in [-0.3, -0.25) is 0 Å². The second-order valence-electron chi connectivity index (χ2n) is 18.5. The Bertz CT molecular complexity index is 4010. The second kappa shape index (κ2) is 18.4. The molecule has 0 atom stereocenters. The first-order chi connectivity index (χ1) is 36.6. The van der Waals surface area contributed by atoms with Crippen LogP contribution in [0.15, 0.2) is 267 Å². The smallest absolute Gasteiger partial charge is 0.0991 e. The summed E-state index contributed by atoms with van der Waals surface area (Å²) < 4.78 is 4.67. The molecule has 0 saturated heterocycles. The van der Waals surface area contributed by atoms with Crippen LogP contribution in [-0.4, -0.2) is 9.13 Å². The van der Waals surface area contributed by atoms with Gasteiger partial charge in [0.2, 0.25) is 0 Å². The summed E-state index contributed by atoms with van der Waals surface area (Å²) in [6, 6.07) is 98.2. The molecule has 13 aromatic rings. The largest absolute Gasteiger partial charge is 0.310 e. The minimum Gasteiger partial charge on any atom is -0.310 e. The highest BCUT2D eigenvalue weighted by Gasteiger charge is 2.21. The summed E-state index contributed by atoms with van der Waals surface area (Å²) in [7, 11) is 0. The number of fused-ring (bicyclic) bond motifs is 4. The topological polar surface area (TPSA) is 63.9 Å². The standard InChI is InChI=1S/C68H44N6/c69-45-47-19-23-51(24-20-47)65-41-55-44-68-56(43-67(55)73(65)61-35-31-59(32-36-61)71(57-15-3-1-4-16-57)63-29-27-49-11-7-9-13-53(49)39-63)42-66(52-25-21-48(46-70)22-26-52)74(68)62-37-33-60(34-38-62)72(58-17-5-2-6-18-58)64-30-28-50-12-8-10-14-54(50)40-64/h1-44H. The number of rotatable bonds is 10. The van der Waals surface area contributed by atoms with E-state index in [0.717, 1.165) is 89.8 Å². The molecule has 346 valence electrons. The van der Waals surface area contributed by atoms with E-state index in [4.69, 9.17) is 0 Å². The summed E-state index contributed by atoms with van der Waals surface area (Å²) in [5.41, 5.74) is 15.7. The maximum Gasteiger partial charge on any atom is 0.0991 e. The Hall–Kier alpha value is -10.4. The van der Waals surface area contributed by atoms with Gasteiger partial charge in [-0.1, -0.05) is 121 Å². The van der Waals surface area contributed by atoms with Crippen molar-refractivity contribution < 1.29 is 0 Å². The van der Waals surface area contributed by atoms with Crippen molar-refractivity contribution in [3.05, 3.63) is 278 Å². The third-order valence-electron chi connectivity index (χ3n) is 14.1. The fourth-order valence-corrected chi connectivity index (χ4v) is 10.5. The van der Waals surface area contributed by atoms with Crippen molar-refractivity contribution in [2.24, 2.45) is 0 Å². The van der Waals surface area contributed by atoms with Gasteiger partial charge in [0, 0.05) is 56.3 Å². The normalized spacial score (nSPS) is 11.2. The summed E-state index contributed by atoms with van der Waals surface area (Å²) >= 11 is 0. The molecule has 0 N–H and O–H groups in total. The highest BCUT2D eigenvalue weighted by atomic mass is 15.1. The molecule has 13 rings (SSSR count). The molecular formula is C68H44N6. The Labute approximate surface area is 428 Å². The number of benzene rings is 11. The molecule has 2 aromatic heterocycles. The highest BCUT2D eigenvalue weighted by molar-refractivity contribution is 6.03. The van der Waals surface area contributed by atoms with Crippen molar-refractivity contribution in [2.45, 2.75) is 0 Å². The van der Waals surface area contributed by atoms with Gasteiger partial charge in [0.1, 0.15) is 0 Å². The molecule has 2 heterocycles. The first-order valence-electron chi connectivity index (χ1n) is 24.7. The van der Waals surface area contributed by atoms with Crippen LogP contribution in [0.2, 0.25) is 0 Å². The molecule has 0 bridgehead atoms. The van der Waals surface area contributed by atoms with Crippen molar-refractivity contribution in [3.63, 3.8) is 0 Å². The summed E-state index contributed by atoms with van der Waals surface area (Å²) in [6.07, 6.45) is 0. The molecular weight excluding hydrogens is 901 g/mol. The highest BCUT2D eigenvalue weighted by Crippen LogP contribution is 2.42. The maximum atomic E-state index is 9.77. The quantitative estimate of drug-likeness (QED) is 0.137. The molecule has 0 aliphatic carbocycles. The number of para-hydroxylation sites is 2. The van der Waals surface area contributed by atoms with Crippen LogP contribution in [-0.2, 0) is 0 Å². The molecule has 0 fully saturated rings. The molecule has 74 heavy (non-hydrogen) atoms. The van der Waals surface area contributed by atoms with Crippen molar-refractivity contribution in [3.8, 4) is 46.0 Å². The van der Waals surface area contributed by atoms with Gasteiger partial charge in [-0.2, -0.15) is 10.5 Å². The van der Waals surface area contributed by atoms with Crippen LogP contribution in [0, 0.1) is 22.7 Å². The molecule has 0 aliphatic heterocycles. The van der Waals surface area contributed by atoms with E-state index in [0.29, 0.717) is 11.1 Å². The van der Waals surface area contributed by atoms with Crippen molar-refractivity contribution >= 4 is 77.5 Å². The average molecular weight is 945 g/mol. The van der Waals surface area contributed by atoms with Crippen molar-refractivity contribution in [1.29, 1.82) is 10.5 Å². The molecule has 0 amide bonds. The number of aromatic nitrogens is 2. The van der Waals surface area contributed by atoms with Crippen LogP contribution in [0.1, 0.15) is 11.1 Å². The van der Waals surface area contributed by atoms with E-state index in [-0.39, 0.29) is 0 Å². The number of nitrogens with zero attached hydrogens (tertiary/aromatic N) is 6. The second-order valence-corrected chi connectivity index (χ2v) is 18.5. The predicted octanol–water partition coefficient (Wildman–Crippen LogP) is 17.9. The SMILES string of the molecule is N#Cc1ccc(-c2cc3cc4c(cc(-c5ccc(C#N)cc5)n4-c4ccc(N(c5ccccc5)c5ccc6ccccc6c5)cc4)cc3n2-c2ccc(N(c3ccccc3)c3ccc4ccccc4c3)cc2)cc1. The minimum atomic E-state index is 0.612. The summed E-state index contributed by atoms with van der Waals surface area (Å²) in [5, 5.41) is 26.4. The van der Waals surface area contributed by atoms with Crippen molar-refractivity contribution in [1.82, 2.24) is 9.13 Å². The lowest BCUT2D eigenvalue weighted by atomic mass is 10.1. The van der Waals surface area contributed by atoms with Gasteiger partial charge >= 0.3 is 0 Å².